The molecule has 0 aliphatic heterocycles. The maximum Gasteiger partial charge on any atom is 0.358 e. The summed E-state index contributed by atoms with van der Waals surface area (Å²) >= 11 is 0. The van der Waals surface area contributed by atoms with Gasteiger partial charge in [0.1, 0.15) is 0 Å². The first-order valence-electron chi connectivity index (χ1n) is 7.20. The number of urea groups is 1. The molecule has 1 aliphatic carbocycles. The Morgan fingerprint density at radius 2 is 2.19 bits per heavy atom. The molecule has 1 aliphatic rings. The number of aromatic nitrogens is 3. The lowest BCUT2D eigenvalue weighted by molar-refractivity contribution is 0.0690. The number of amides is 2. The van der Waals surface area contributed by atoms with Gasteiger partial charge in [-0.25, -0.2) is 14.3 Å². The average molecular weight is 295 g/mol. The highest BCUT2D eigenvalue weighted by molar-refractivity contribution is 5.84. The molecule has 0 aromatic carbocycles. The zero-order chi connectivity index (χ0) is 15.3. The Bertz CT molecular complexity index is 504. The molecule has 1 heterocycles. The van der Waals surface area contributed by atoms with Crippen LogP contribution in [0.2, 0.25) is 0 Å². The van der Waals surface area contributed by atoms with Crippen LogP contribution in [0.15, 0.2) is 6.20 Å². The molecule has 1 aromatic rings. The maximum absolute atomic E-state index is 11.7. The van der Waals surface area contributed by atoms with Crippen molar-refractivity contribution in [2.24, 2.45) is 5.41 Å². The second-order valence-corrected chi connectivity index (χ2v) is 5.49. The van der Waals surface area contributed by atoms with Gasteiger partial charge in [0.15, 0.2) is 5.69 Å². The molecule has 0 radical (unpaired) electrons. The van der Waals surface area contributed by atoms with E-state index < -0.39 is 5.97 Å². The molecule has 2 amide bonds. The summed E-state index contributed by atoms with van der Waals surface area (Å²) in [5.74, 6) is -1.11. The van der Waals surface area contributed by atoms with Crippen molar-refractivity contribution < 1.29 is 14.7 Å². The highest BCUT2D eigenvalue weighted by atomic mass is 16.4. The Morgan fingerprint density at radius 1 is 1.43 bits per heavy atom. The van der Waals surface area contributed by atoms with E-state index in [1.165, 1.54) is 30.1 Å². The molecule has 0 saturated heterocycles. The molecule has 3 N–H and O–H groups in total. The first-order valence-corrected chi connectivity index (χ1v) is 7.20. The van der Waals surface area contributed by atoms with E-state index in [4.69, 9.17) is 5.11 Å². The zero-order valence-corrected chi connectivity index (χ0v) is 12.1. The number of aromatic carboxylic acids is 1. The Kier molecular flexibility index (Phi) is 4.77. The molecule has 0 spiro atoms. The van der Waals surface area contributed by atoms with E-state index in [2.05, 4.69) is 27.9 Å². The quantitative estimate of drug-likeness (QED) is 0.691. The zero-order valence-electron chi connectivity index (χ0n) is 12.1. The summed E-state index contributed by atoms with van der Waals surface area (Å²) in [5, 5.41) is 21.5. The third-order valence-electron chi connectivity index (χ3n) is 4.17. The van der Waals surface area contributed by atoms with Crippen molar-refractivity contribution in [2.75, 3.05) is 13.1 Å². The molecule has 8 nitrogen and oxygen atoms in total. The van der Waals surface area contributed by atoms with Gasteiger partial charge in [0.25, 0.3) is 0 Å². The van der Waals surface area contributed by atoms with Gasteiger partial charge in [0.05, 0.1) is 12.7 Å². The lowest BCUT2D eigenvalue weighted by atomic mass is 9.67. The molecule has 8 heteroatoms. The van der Waals surface area contributed by atoms with Gasteiger partial charge in [0, 0.05) is 13.1 Å². The van der Waals surface area contributed by atoms with Crippen LogP contribution >= 0.6 is 0 Å². The van der Waals surface area contributed by atoms with E-state index in [-0.39, 0.29) is 11.7 Å². The summed E-state index contributed by atoms with van der Waals surface area (Å²) in [4.78, 5) is 22.3. The molecule has 0 unspecified atom stereocenters. The van der Waals surface area contributed by atoms with Crippen molar-refractivity contribution in [3.8, 4) is 0 Å². The number of rotatable bonds is 7. The van der Waals surface area contributed by atoms with E-state index >= 15 is 0 Å². The van der Waals surface area contributed by atoms with E-state index in [9.17, 15) is 9.59 Å². The van der Waals surface area contributed by atoms with Gasteiger partial charge < -0.3 is 15.7 Å². The molecule has 116 valence electrons. The Morgan fingerprint density at radius 3 is 2.71 bits per heavy atom. The van der Waals surface area contributed by atoms with Crippen molar-refractivity contribution in [3.05, 3.63) is 11.9 Å². The molecular weight excluding hydrogens is 274 g/mol. The molecule has 1 fully saturated rings. The summed E-state index contributed by atoms with van der Waals surface area (Å²) in [6.07, 6.45) is 6.03. The number of hydrogen-bond acceptors (Lipinski definition) is 4. The molecular formula is C13H21N5O3. The fourth-order valence-corrected chi connectivity index (χ4v) is 2.45. The minimum atomic E-state index is -1.11. The molecule has 1 saturated carbocycles. The van der Waals surface area contributed by atoms with E-state index in [0.29, 0.717) is 25.0 Å². The van der Waals surface area contributed by atoms with Gasteiger partial charge in [-0.15, -0.1) is 5.10 Å². The number of carboxylic acids is 1. The van der Waals surface area contributed by atoms with Crippen LogP contribution in [0, 0.1) is 5.41 Å². The van der Waals surface area contributed by atoms with Gasteiger partial charge in [-0.3, -0.25) is 0 Å². The number of nitrogens with one attached hydrogen (secondary N) is 2. The first kappa shape index (κ1) is 15.3. The van der Waals surface area contributed by atoms with Crippen LogP contribution in [0.25, 0.3) is 0 Å². The summed E-state index contributed by atoms with van der Waals surface area (Å²) in [6.45, 7) is 3.62. The van der Waals surface area contributed by atoms with Crippen molar-refractivity contribution >= 4 is 12.0 Å². The molecule has 1 aromatic heterocycles. The topological polar surface area (TPSA) is 109 Å². The molecule has 0 bridgehead atoms. The number of carbonyl (C=O) groups is 2. The second-order valence-electron chi connectivity index (χ2n) is 5.49. The average Bonchev–Trinajstić information content (AvgIpc) is 2.87. The fourth-order valence-electron chi connectivity index (χ4n) is 2.45. The summed E-state index contributed by atoms with van der Waals surface area (Å²) < 4.78 is 1.39. The number of carboxylic acid groups (broad SMARTS) is 1. The Labute approximate surface area is 122 Å². The first-order chi connectivity index (χ1) is 10.0. The van der Waals surface area contributed by atoms with Crippen LogP contribution in [0.3, 0.4) is 0 Å². The Balaban J connectivity index is 1.65. The predicted molar refractivity (Wildman–Crippen MR) is 75.0 cm³/mol. The SMILES string of the molecule is CCC1(CNC(=O)NCCn2cc(C(=O)O)nn2)CCC1. The smallest absolute Gasteiger partial charge is 0.358 e. The highest BCUT2D eigenvalue weighted by Crippen LogP contribution is 2.42. The van der Waals surface area contributed by atoms with Crippen LogP contribution < -0.4 is 10.6 Å². The number of nitrogens with zero attached hydrogens (tertiary/aromatic N) is 3. The summed E-state index contributed by atoms with van der Waals surface area (Å²) in [7, 11) is 0. The Hall–Kier alpha value is -2.12. The highest BCUT2D eigenvalue weighted by Gasteiger charge is 2.35. The van der Waals surface area contributed by atoms with Crippen LogP contribution in [0.5, 0.6) is 0 Å². The minimum Gasteiger partial charge on any atom is -0.476 e. The van der Waals surface area contributed by atoms with Gasteiger partial charge in [-0.05, 0) is 24.7 Å². The second kappa shape index (κ2) is 6.55. The lowest BCUT2D eigenvalue weighted by Gasteiger charge is -2.41. The van der Waals surface area contributed by atoms with Crippen LogP contribution in [0.4, 0.5) is 4.79 Å². The molecule has 0 atom stereocenters. The third kappa shape index (κ3) is 3.93. The summed E-state index contributed by atoms with van der Waals surface area (Å²) in [5.41, 5.74) is 0.189. The minimum absolute atomic E-state index is 0.102. The third-order valence-corrected chi connectivity index (χ3v) is 4.17. The van der Waals surface area contributed by atoms with Crippen LogP contribution in [-0.2, 0) is 6.54 Å². The van der Waals surface area contributed by atoms with Gasteiger partial charge in [-0.2, -0.15) is 0 Å². The largest absolute Gasteiger partial charge is 0.476 e. The summed E-state index contributed by atoms with van der Waals surface area (Å²) in [6, 6.07) is -0.201. The van der Waals surface area contributed by atoms with E-state index in [0.717, 1.165) is 6.42 Å². The van der Waals surface area contributed by atoms with Crippen LogP contribution in [-0.4, -0.2) is 45.2 Å². The van der Waals surface area contributed by atoms with E-state index in [1.54, 1.807) is 0 Å². The predicted octanol–water partition coefficient (Wildman–Crippen LogP) is 0.856. The number of carbonyl (C=O) groups excluding carboxylic acids is 1. The van der Waals surface area contributed by atoms with Crippen molar-refractivity contribution in [2.45, 2.75) is 39.2 Å². The van der Waals surface area contributed by atoms with Gasteiger partial charge >= 0.3 is 12.0 Å². The molecule has 21 heavy (non-hydrogen) atoms. The fraction of sp³-hybridized carbons (Fsp3) is 0.692. The monoisotopic (exact) mass is 295 g/mol. The van der Waals surface area contributed by atoms with Crippen LogP contribution in [0.1, 0.15) is 43.1 Å². The van der Waals surface area contributed by atoms with Crippen molar-refractivity contribution in [1.29, 1.82) is 0 Å². The van der Waals surface area contributed by atoms with Crippen molar-refractivity contribution in [1.82, 2.24) is 25.6 Å². The maximum atomic E-state index is 11.7. The van der Waals surface area contributed by atoms with Gasteiger partial charge in [0.2, 0.25) is 0 Å². The van der Waals surface area contributed by atoms with Gasteiger partial charge in [-0.1, -0.05) is 18.6 Å². The normalized spacial score (nSPS) is 16.0. The number of hydrogen-bond donors (Lipinski definition) is 3. The van der Waals surface area contributed by atoms with E-state index in [1.807, 2.05) is 0 Å². The lowest BCUT2D eigenvalue weighted by Crippen LogP contribution is -2.45. The molecule has 2 rings (SSSR count). The van der Waals surface area contributed by atoms with Crippen molar-refractivity contribution in [3.63, 3.8) is 0 Å². The standard InChI is InChI=1S/C13H21N5O3/c1-2-13(4-3-5-13)9-15-12(21)14-6-7-18-8-10(11(19)20)16-17-18/h8H,2-7,9H2,1H3,(H,19,20)(H2,14,15,21).